The third-order valence-electron chi connectivity index (χ3n) is 1.43. The van der Waals surface area contributed by atoms with Gasteiger partial charge in [-0.05, 0) is 5.56 Å². The molecule has 0 aliphatic carbocycles. The molecule has 1 aromatic rings. The molecule has 0 spiro atoms. The fraction of sp³-hybridized carbons (Fsp3) is 0.250. The monoisotopic (exact) mass is 209 g/mol. The second-order valence-corrected chi connectivity index (χ2v) is 2.45. The Morgan fingerprint density at radius 1 is 1.15 bits per heavy atom. The Hall–Kier alpha value is 0.711. The largest absolute Gasteiger partial charge is 1.00 e. The zero-order valence-corrected chi connectivity index (χ0v) is 10.3. The number of hydrogen-bond donors (Lipinski definition) is 0. The standard InChI is InChI=1S/C8H6BF3.K/c9-8(11,12)7(10)6-4-2-1-3-5-6;/h1-5,7H;/q-1;+1. The molecule has 0 aromatic heterocycles. The van der Waals surface area contributed by atoms with Crippen LogP contribution in [0.25, 0.3) is 0 Å². The third kappa shape index (κ3) is 4.17. The molecule has 13 heavy (non-hydrogen) atoms. The summed E-state index contributed by atoms with van der Waals surface area (Å²) in [5, 5.41) is 0. The average molecular weight is 209 g/mol. The molecule has 0 saturated heterocycles. The summed E-state index contributed by atoms with van der Waals surface area (Å²) in [5.41, 5.74) is -0.106. The predicted molar refractivity (Wildman–Crippen MR) is 41.0 cm³/mol. The van der Waals surface area contributed by atoms with Crippen molar-refractivity contribution in [2.45, 2.75) is 12.0 Å². The molecule has 0 saturated carbocycles. The first-order valence-electron chi connectivity index (χ1n) is 3.37. The molecule has 1 atom stereocenters. The minimum Gasteiger partial charge on any atom is -0.520 e. The molecule has 1 aromatic carbocycles. The molecule has 0 aliphatic rings. The van der Waals surface area contributed by atoms with E-state index in [0.29, 0.717) is 0 Å². The maximum atomic E-state index is 12.8. The van der Waals surface area contributed by atoms with Gasteiger partial charge in [-0.3, -0.25) is 8.78 Å². The van der Waals surface area contributed by atoms with E-state index in [1.807, 2.05) is 0 Å². The second kappa shape index (κ2) is 5.56. The van der Waals surface area contributed by atoms with Crippen molar-refractivity contribution in [2.24, 2.45) is 0 Å². The Morgan fingerprint density at radius 3 is 2.00 bits per heavy atom. The molecule has 0 bridgehead atoms. The first-order valence-corrected chi connectivity index (χ1v) is 3.37. The topological polar surface area (TPSA) is 0 Å². The van der Waals surface area contributed by atoms with Crippen molar-refractivity contribution >= 4 is 7.85 Å². The molecule has 0 heterocycles. The summed E-state index contributed by atoms with van der Waals surface area (Å²) in [6.07, 6.45) is -2.43. The van der Waals surface area contributed by atoms with Crippen molar-refractivity contribution in [3.63, 3.8) is 0 Å². The summed E-state index contributed by atoms with van der Waals surface area (Å²) < 4.78 is 37.2. The van der Waals surface area contributed by atoms with Gasteiger partial charge in [0.15, 0.2) is 0 Å². The molecule has 0 fully saturated rings. The number of rotatable bonds is 2. The molecule has 1 rings (SSSR count). The van der Waals surface area contributed by atoms with E-state index in [2.05, 4.69) is 7.85 Å². The molecule has 0 nitrogen and oxygen atoms in total. The van der Waals surface area contributed by atoms with Crippen molar-refractivity contribution in [3.8, 4) is 0 Å². The van der Waals surface area contributed by atoms with E-state index in [4.69, 9.17) is 0 Å². The van der Waals surface area contributed by atoms with Crippen LogP contribution in [0.1, 0.15) is 11.7 Å². The smallest absolute Gasteiger partial charge is 0.520 e. The third-order valence-corrected chi connectivity index (χ3v) is 1.43. The van der Waals surface area contributed by atoms with Gasteiger partial charge in [0.25, 0.3) is 0 Å². The van der Waals surface area contributed by atoms with Gasteiger partial charge < -0.3 is 7.85 Å². The Balaban J connectivity index is 0.00000144. The van der Waals surface area contributed by atoms with Gasteiger partial charge >= 0.3 is 51.4 Å². The molecule has 0 N–H and O–H groups in total. The fourth-order valence-electron chi connectivity index (χ4n) is 0.844. The van der Waals surface area contributed by atoms with Crippen molar-refractivity contribution in [3.05, 3.63) is 35.9 Å². The number of benzene rings is 1. The quantitative estimate of drug-likeness (QED) is 0.574. The van der Waals surface area contributed by atoms with E-state index in [1.165, 1.54) is 24.3 Å². The zero-order valence-electron chi connectivity index (χ0n) is 7.18. The fourth-order valence-corrected chi connectivity index (χ4v) is 0.844. The molecular formula is C8H6BF3K. The minimum absolute atomic E-state index is 0. The molecule has 3 radical (unpaired) electrons. The Morgan fingerprint density at radius 2 is 1.62 bits per heavy atom. The van der Waals surface area contributed by atoms with Crippen molar-refractivity contribution in [2.75, 3.05) is 0 Å². The van der Waals surface area contributed by atoms with Crippen molar-refractivity contribution < 1.29 is 64.6 Å². The minimum atomic E-state index is -3.80. The summed E-state index contributed by atoms with van der Waals surface area (Å²) in [6.45, 7) is 0. The van der Waals surface area contributed by atoms with Gasteiger partial charge in [-0.2, -0.15) is 0 Å². The van der Waals surface area contributed by atoms with Gasteiger partial charge in [0, 0.05) is 0 Å². The Labute approximate surface area is 119 Å². The molecule has 0 amide bonds. The van der Waals surface area contributed by atoms with Crippen LogP contribution in [-0.2, 0) is 0 Å². The van der Waals surface area contributed by atoms with E-state index in [0.717, 1.165) is 0 Å². The average Bonchev–Trinajstić information content (AvgIpc) is 2.03. The molecule has 63 valence electrons. The van der Waals surface area contributed by atoms with Gasteiger partial charge in [-0.15, -0.1) is 0 Å². The molecule has 0 aliphatic heterocycles. The van der Waals surface area contributed by atoms with Crippen LogP contribution in [-0.4, -0.2) is 13.7 Å². The molecule has 5 heteroatoms. The van der Waals surface area contributed by atoms with Gasteiger partial charge in [0.2, 0.25) is 0 Å². The van der Waals surface area contributed by atoms with E-state index in [1.54, 1.807) is 6.07 Å². The summed E-state index contributed by atoms with van der Waals surface area (Å²) in [6, 6.07) is 7.11. The Kier molecular flexibility index (Phi) is 5.86. The van der Waals surface area contributed by atoms with Crippen LogP contribution in [0.3, 0.4) is 0 Å². The first kappa shape index (κ1) is 13.7. The maximum Gasteiger partial charge on any atom is 1.00 e. The molecular weight excluding hydrogens is 203 g/mol. The van der Waals surface area contributed by atoms with Gasteiger partial charge in [-0.25, -0.2) is 4.39 Å². The summed E-state index contributed by atoms with van der Waals surface area (Å²) in [5.74, 6) is -3.80. The zero-order chi connectivity index (χ0) is 9.19. The van der Waals surface area contributed by atoms with E-state index in [-0.39, 0.29) is 56.9 Å². The number of hydrogen-bond acceptors (Lipinski definition) is 0. The van der Waals surface area contributed by atoms with E-state index in [9.17, 15) is 13.2 Å². The maximum absolute atomic E-state index is 12.8. The second-order valence-electron chi connectivity index (χ2n) is 2.45. The molecule has 1 unspecified atom stereocenters. The van der Waals surface area contributed by atoms with Crippen LogP contribution in [0.2, 0.25) is 0 Å². The van der Waals surface area contributed by atoms with Gasteiger partial charge in [0.05, 0.1) is 5.82 Å². The SMILES string of the molecule is [B-]C(F)(F)C(F)c1ccccc1.[K+]. The van der Waals surface area contributed by atoms with E-state index >= 15 is 0 Å². The summed E-state index contributed by atoms with van der Waals surface area (Å²) in [4.78, 5) is 0. The summed E-state index contributed by atoms with van der Waals surface area (Å²) >= 11 is 0. The van der Waals surface area contributed by atoms with Crippen LogP contribution in [0.4, 0.5) is 13.2 Å². The van der Waals surface area contributed by atoms with Crippen LogP contribution in [0.15, 0.2) is 30.3 Å². The number of halogens is 3. The number of alkyl halides is 3. The van der Waals surface area contributed by atoms with E-state index < -0.39 is 12.0 Å². The van der Waals surface area contributed by atoms with Gasteiger partial charge in [0.1, 0.15) is 6.17 Å². The van der Waals surface area contributed by atoms with Crippen LogP contribution < -0.4 is 51.4 Å². The Bertz CT molecular complexity index is 247. The van der Waals surface area contributed by atoms with Crippen LogP contribution in [0.5, 0.6) is 0 Å². The van der Waals surface area contributed by atoms with Crippen molar-refractivity contribution in [1.82, 2.24) is 0 Å². The first-order chi connectivity index (χ1) is 5.52. The summed E-state index contributed by atoms with van der Waals surface area (Å²) in [7, 11) is 4.30. The van der Waals surface area contributed by atoms with Crippen molar-refractivity contribution in [1.29, 1.82) is 0 Å². The normalized spacial score (nSPS) is 13.2. The van der Waals surface area contributed by atoms with Gasteiger partial charge in [-0.1, -0.05) is 30.3 Å². The van der Waals surface area contributed by atoms with Crippen LogP contribution >= 0.6 is 0 Å². The van der Waals surface area contributed by atoms with Crippen LogP contribution in [0, 0.1) is 0 Å². The predicted octanol–water partition coefficient (Wildman–Crippen LogP) is -0.538.